The van der Waals surface area contributed by atoms with Crippen molar-refractivity contribution >= 4 is 50.9 Å². The van der Waals surface area contributed by atoms with Crippen molar-refractivity contribution in [3.05, 3.63) is 119 Å². The number of unbranched alkanes of at least 4 members (excludes halogenated alkanes) is 4. The van der Waals surface area contributed by atoms with E-state index in [4.69, 9.17) is 14.2 Å². The number of nitrogens with one attached hydrogen (secondary N) is 2. The molecular weight excluding hydrogens is 669 g/mol. The summed E-state index contributed by atoms with van der Waals surface area (Å²) in [5.74, 6) is -1.61. The Morgan fingerprint density at radius 3 is 2.22 bits per heavy atom. The van der Waals surface area contributed by atoms with Crippen LogP contribution >= 0.6 is 11.3 Å². The Hall–Kier alpha value is -5.68. The minimum atomic E-state index is -1.26. The van der Waals surface area contributed by atoms with Crippen molar-refractivity contribution in [2.24, 2.45) is 0 Å². The average molecular weight is 709 g/mol. The number of benzene rings is 4. The second kappa shape index (κ2) is 17.8. The molecule has 5 rings (SSSR count). The molecule has 1 atom stereocenters. The molecule has 2 amide bonds. The highest BCUT2D eigenvalue weighted by molar-refractivity contribution is 7.20. The maximum Gasteiger partial charge on any atom is 0.343 e. The van der Waals surface area contributed by atoms with Crippen LogP contribution in [0.2, 0.25) is 0 Å². The van der Waals surface area contributed by atoms with Gasteiger partial charge in [0.05, 0.1) is 24.2 Å². The van der Waals surface area contributed by atoms with E-state index >= 15 is 0 Å². The number of aliphatic carboxylic acids is 1. The van der Waals surface area contributed by atoms with Crippen molar-refractivity contribution in [2.75, 3.05) is 19.0 Å². The molecule has 4 aromatic carbocycles. The first-order chi connectivity index (χ1) is 24.7. The van der Waals surface area contributed by atoms with Crippen molar-refractivity contribution in [1.82, 2.24) is 5.32 Å². The highest BCUT2D eigenvalue weighted by atomic mass is 32.1. The van der Waals surface area contributed by atoms with Crippen molar-refractivity contribution in [3.63, 3.8) is 0 Å². The van der Waals surface area contributed by atoms with E-state index in [0.29, 0.717) is 34.0 Å². The van der Waals surface area contributed by atoms with Crippen LogP contribution in [0.5, 0.6) is 17.2 Å². The Morgan fingerprint density at radius 1 is 0.784 bits per heavy atom. The van der Waals surface area contributed by atoms with E-state index in [-0.39, 0.29) is 29.4 Å². The van der Waals surface area contributed by atoms with Gasteiger partial charge in [0.2, 0.25) is 0 Å². The fourth-order valence-electron chi connectivity index (χ4n) is 5.33. The summed E-state index contributed by atoms with van der Waals surface area (Å²) in [6.07, 6.45) is 5.65. The molecule has 0 saturated carbocycles. The fourth-order valence-corrected chi connectivity index (χ4v) is 6.29. The van der Waals surface area contributed by atoms with E-state index in [1.54, 1.807) is 48.5 Å². The predicted octanol–water partition coefficient (Wildman–Crippen LogP) is 8.16. The van der Waals surface area contributed by atoms with Crippen LogP contribution in [0.4, 0.5) is 5.69 Å². The lowest BCUT2D eigenvalue weighted by molar-refractivity contribution is -0.139. The molecule has 11 heteroatoms. The first-order valence-corrected chi connectivity index (χ1v) is 17.6. The van der Waals surface area contributed by atoms with Crippen molar-refractivity contribution in [1.29, 1.82) is 0 Å². The van der Waals surface area contributed by atoms with Crippen molar-refractivity contribution in [3.8, 4) is 17.2 Å². The number of rotatable bonds is 17. The molecule has 5 aromatic rings. The Bertz CT molecular complexity index is 1940. The molecule has 3 N–H and O–H groups in total. The van der Waals surface area contributed by atoms with Gasteiger partial charge >= 0.3 is 11.9 Å². The highest BCUT2D eigenvalue weighted by Crippen LogP contribution is 2.30. The molecule has 10 nitrogen and oxygen atoms in total. The van der Waals surface area contributed by atoms with E-state index < -0.39 is 23.9 Å². The summed E-state index contributed by atoms with van der Waals surface area (Å²) in [7, 11) is 1.41. The Labute approximate surface area is 300 Å². The van der Waals surface area contributed by atoms with Crippen molar-refractivity contribution < 1.29 is 38.5 Å². The fraction of sp³-hybridized carbons (Fsp3) is 0.250. The monoisotopic (exact) mass is 708 g/mol. The van der Waals surface area contributed by atoms with E-state index in [1.165, 1.54) is 55.9 Å². The molecule has 0 saturated heterocycles. The van der Waals surface area contributed by atoms with Crippen LogP contribution in [0.1, 0.15) is 75.0 Å². The zero-order valence-electron chi connectivity index (χ0n) is 28.5. The molecule has 0 radical (unpaired) electrons. The van der Waals surface area contributed by atoms with Crippen LogP contribution in [-0.2, 0) is 11.2 Å². The van der Waals surface area contributed by atoms with E-state index in [9.17, 15) is 24.3 Å². The van der Waals surface area contributed by atoms with Crippen LogP contribution in [0.25, 0.3) is 10.1 Å². The zero-order chi connectivity index (χ0) is 36.2. The van der Waals surface area contributed by atoms with Gasteiger partial charge in [0.25, 0.3) is 11.8 Å². The van der Waals surface area contributed by atoms with Crippen LogP contribution in [-0.4, -0.2) is 48.6 Å². The van der Waals surface area contributed by atoms with Gasteiger partial charge in [-0.15, -0.1) is 11.3 Å². The molecule has 0 spiro atoms. The Morgan fingerprint density at radius 2 is 1.51 bits per heavy atom. The lowest BCUT2D eigenvalue weighted by Gasteiger charge is -2.16. The molecule has 51 heavy (non-hydrogen) atoms. The van der Waals surface area contributed by atoms with Gasteiger partial charge in [0, 0.05) is 22.4 Å². The van der Waals surface area contributed by atoms with Gasteiger partial charge in [0.15, 0.2) is 11.5 Å². The smallest absolute Gasteiger partial charge is 0.343 e. The standard InChI is InChI=1S/C40H40N2O8S/c1-3-4-5-6-9-22-49-31-19-15-28(16-20-31)40(47)50-33-21-12-26(24-34(33)48-2)23-32(39(45)46)42-37(43)27-13-17-30(18-14-27)41-38(44)36-25-29-10-7-8-11-35(29)51-36/h7-8,10-21,24-25,32H,3-6,9,22-23H2,1-2H3,(H,41,44)(H,42,43)(H,45,46). The maximum atomic E-state index is 13.0. The molecular formula is C40H40N2O8S. The third-order valence-electron chi connectivity index (χ3n) is 8.13. The summed E-state index contributed by atoms with van der Waals surface area (Å²) in [6.45, 7) is 2.80. The van der Waals surface area contributed by atoms with Gasteiger partial charge in [-0.05, 0) is 90.2 Å². The molecule has 0 aliphatic heterocycles. The van der Waals surface area contributed by atoms with E-state index in [1.807, 2.05) is 30.3 Å². The molecule has 1 aromatic heterocycles. The summed E-state index contributed by atoms with van der Waals surface area (Å²) in [6, 6.07) is 25.9. The van der Waals surface area contributed by atoms with E-state index in [0.717, 1.165) is 22.9 Å². The number of carbonyl (C=O) groups is 4. The van der Waals surface area contributed by atoms with Gasteiger partial charge in [-0.1, -0.05) is 56.9 Å². The van der Waals surface area contributed by atoms with Gasteiger partial charge in [-0.25, -0.2) is 9.59 Å². The summed E-state index contributed by atoms with van der Waals surface area (Å²) < 4.78 is 17.8. The number of carboxylic acid groups (broad SMARTS) is 1. The Kier molecular flexibility index (Phi) is 12.8. The largest absolute Gasteiger partial charge is 0.494 e. The van der Waals surface area contributed by atoms with Gasteiger partial charge < -0.3 is 30.0 Å². The lowest BCUT2D eigenvalue weighted by Crippen LogP contribution is -2.42. The molecule has 0 aliphatic rings. The molecule has 1 unspecified atom stereocenters. The highest BCUT2D eigenvalue weighted by Gasteiger charge is 2.23. The average Bonchev–Trinajstić information content (AvgIpc) is 3.59. The number of carboxylic acids is 1. The molecule has 0 fully saturated rings. The van der Waals surface area contributed by atoms with Crippen LogP contribution in [0.15, 0.2) is 97.1 Å². The summed E-state index contributed by atoms with van der Waals surface area (Å²) >= 11 is 1.39. The number of esters is 1. The topological polar surface area (TPSA) is 140 Å². The first kappa shape index (κ1) is 36.6. The third kappa shape index (κ3) is 10.2. The number of fused-ring (bicyclic) bond motifs is 1. The Balaban J connectivity index is 1.14. The predicted molar refractivity (Wildman–Crippen MR) is 197 cm³/mol. The SMILES string of the molecule is CCCCCCCOc1ccc(C(=O)Oc2ccc(CC(NC(=O)c3ccc(NC(=O)c4cc5ccccc5s4)cc3)C(=O)O)cc2OC)cc1. The minimum Gasteiger partial charge on any atom is -0.494 e. The van der Waals surface area contributed by atoms with Gasteiger partial charge in [-0.2, -0.15) is 0 Å². The van der Waals surface area contributed by atoms with Crippen molar-refractivity contribution in [2.45, 2.75) is 51.5 Å². The summed E-state index contributed by atoms with van der Waals surface area (Å²) in [5.41, 5.74) is 1.58. The van der Waals surface area contributed by atoms with Gasteiger partial charge in [0.1, 0.15) is 11.8 Å². The maximum absolute atomic E-state index is 13.0. The number of amides is 2. The number of thiophene rings is 1. The zero-order valence-corrected chi connectivity index (χ0v) is 29.3. The second-order valence-corrected chi connectivity index (χ2v) is 13.0. The van der Waals surface area contributed by atoms with Crippen LogP contribution < -0.4 is 24.8 Å². The number of hydrogen-bond donors (Lipinski definition) is 3. The minimum absolute atomic E-state index is 0.0605. The molecule has 264 valence electrons. The lowest BCUT2D eigenvalue weighted by atomic mass is 10.0. The summed E-state index contributed by atoms with van der Waals surface area (Å²) in [4.78, 5) is 51.3. The number of carbonyl (C=O) groups excluding carboxylic acids is 3. The third-order valence-corrected chi connectivity index (χ3v) is 9.25. The number of ether oxygens (including phenoxy) is 3. The van der Waals surface area contributed by atoms with Crippen LogP contribution in [0, 0.1) is 0 Å². The first-order valence-electron chi connectivity index (χ1n) is 16.8. The molecule has 0 bridgehead atoms. The van der Waals surface area contributed by atoms with Crippen LogP contribution in [0.3, 0.4) is 0 Å². The van der Waals surface area contributed by atoms with E-state index in [2.05, 4.69) is 17.6 Å². The van der Waals surface area contributed by atoms with Gasteiger partial charge in [-0.3, -0.25) is 9.59 Å². The number of hydrogen-bond acceptors (Lipinski definition) is 8. The normalized spacial score (nSPS) is 11.4. The molecule has 1 heterocycles. The number of anilines is 1. The number of methoxy groups -OCH3 is 1. The quantitative estimate of drug-likeness (QED) is 0.0500. The summed E-state index contributed by atoms with van der Waals surface area (Å²) in [5, 5.41) is 16.3. The molecule has 0 aliphatic carbocycles. The second-order valence-electron chi connectivity index (χ2n) is 11.9.